The quantitative estimate of drug-likeness (QED) is 0.607. The molecule has 3 aromatic rings. The van der Waals surface area contributed by atoms with Gasteiger partial charge in [0.1, 0.15) is 5.75 Å². The molecule has 140 valence electrons. The van der Waals surface area contributed by atoms with Gasteiger partial charge in [0.15, 0.2) is 5.13 Å². The zero-order chi connectivity index (χ0) is 19.2. The normalized spacial score (nSPS) is 10.6. The predicted octanol–water partition coefficient (Wildman–Crippen LogP) is 4.42. The van der Waals surface area contributed by atoms with Crippen LogP contribution in [0.4, 0.5) is 5.13 Å². The van der Waals surface area contributed by atoms with Crippen molar-refractivity contribution in [2.45, 2.75) is 6.92 Å². The molecule has 5 nitrogen and oxygen atoms in total. The number of carbonyl (C=O) groups excluding carboxylic acids is 1. The number of aryl methyl sites for hydroxylation is 1. The summed E-state index contributed by atoms with van der Waals surface area (Å²) in [5.74, 6) is 0.719. The lowest BCUT2D eigenvalue weighted by atomic mass is 10.1. The Balaban J connectivity index is 1.89. The second-order valence-corrected chi connectivity index (χ2v) is 6.90. The maximum absolute atomic E-state index is 13.1. The van der Waals surface area contributed by atoms with Crippen LogP contribution in [0.2, 0.25) is 0 Å². The lowest BCUT2D eigenvalue weighted by molar-refractivity contribution is 0.0976. The third-order valence-electron chi connectivity index (χ3n) is 4.14. The van der Waals surface area contributed by atoms with Gasteiger partial charge in [-0.25, -0.2) is 4.98 Å². The first-order valence-electron chi connectivity index (χ1n) is 8.60. The second-order valence-electron chi connectivity index (χ2n) is 6.06. The maximum Gasteiger partial charge on any atom is 0.260 e. The van der Waals surface area contributed by atoms with E-state index in [9.17, 15) is 4.79 Å². The minimum absolute atomic E-state index is 0.0774. The van der Waals surface area contributed by atoms with Gasteiger partial charge in [0, 0.05) is 23.6 Å². The summed E-state index contributed by atoms with van der Waals surface area (Å²) in [6.07, 6.45) is 0. The number of thiazole rings is 1. The number of benzene rings is 2. The molecule has 1 heterocycles. The summed E-state index contributed by atoms with van der Waals surface area (Å²) in [5, 5.41) is 2.62. The van der Waals surface area contributed by atoms with Crippen LogP contribution in [-0.2, 0) is 4.74 Å². The number of carbonyl (C=O) groups is 1. The van der Waals surface area contributed by atoms with Crippen LogP contribution in [0.25, 0.3) is 11.3 Å². The molecule has 2 aromatic carbocycles. The molecule has 3 rings (SSSR count). The smallest absolute Gasteiger partial charge is 0.260 e. The van der Waals surface area contributed by atoms with Crippen LogP contribution >= 0.6 is 11.3 Å². The molecule has 0 aliphatic heterocycles. The lowest BCUT2D eigenvalue weighted by Crippen LogP contribution is -2.33. The van der Waals surface area contributed by atoms with Crippen molar-refractivity contribution in [3.05, 3.63) is 65.0 Å². The van der Waals surface area contributed by atoms with Crippen molar-refractivity contribution < 1.29 is 14.3 Å². The molecule has 0 spiro atoms. The minimum atomic E-state index is -0.0774. The number of anilines is 1. The van der Waals surface area contributed by atoms with Crippen molar-refractivity contribution in [1.29, 1.82) is 0 Å². The summed E-state index contributed by atoms with van der Waals surface area (Å²) in [4.78, 5) is 19.4. The number of amides is 1. The number of ether oxygens (including phenoxy) is 2. The molecule has 0 saturated carbocycles. The summed E-state index contributed by atoms with van der Waals surface area (Å²) < 4.78 is 10.4. The van der Waals surface area contributed by atoms with Crippen LogP contribution in [0, 0.1) is 6.92 Å². The van der Waals surface area contributed by atoms with Crippen LogP contribution in [0.3, 0.4) is 0 Å². The first-order valence-corrected chi connectivity index (χ1v) is 9.47. The average Bonchev–Trinajstić information content (AvgIpc) is 3.18. The lowest BCUT2D eigenvalue weighted by Gasteiger charge is -2.19. The summed E-state index contributed by atoms with van der Waals surface area (Å²) in [6.45, 7) is 2.86. The molecular weight excluding hydrogens is 360 g/mol. The van der Waals surface area contributed by atoms with E-state index in [0.717, 1.165) is 22.6 Å². The number of methoxy groups -OCH3 is 2. The zero-order valence-electron chi connectivity index (χ0n) is 15.6. The molecule has 0 atom stereocenters. The summed E-state index contributed by atoms with van der Waals surface area (Å²) in [6, 6.07) is 15.3. The Morgan fingerprint density at radius 1 is 1.15 bits per heavy atom. The van der Waals surface area contributed by atoms with Crippen LogP contribution in [0.1, 0.15) is 15.9 Å². The van der Waals surface area contributed by atoms with E-state index < -0.39 is 0 Å². The van der Waals surface area contributed by atoms with Crippen molar-refractivity contribution in [1.82, 2.24) is 4.98 Å². The van der Waals surface area contributed by atoms with E-state index in [1.165, 1.54) is 11.3 Å². The highest BCUT2D eigenvalue weighted by Gasteiger charge is 2.21. The average molecular weight is 382 g/mol. The van der Waals surface area contributed by atoms with Gasteiger partial charge in [0.05, 0.1) is 26.0 Å². The third kappa shape index (κ3) is 4.53. The van der Waals surface area contributed by atoms with E-state index in [1.807, 2.05) is 60.8 Å². The van der Waals surface area contributed by atoms with Gasteiger partial charge in [-0.2, -0.15) is 0 Å². The molecule has 27 heavy (non-hydrogen) atoms. The van der Waals surface area contributed by atoms with Crippen molar-refractivity contribution in [2.75, 3.05) is 32.3 Å². The van der Waals surface area contributed by atoms with Gasteiger partial charge in [0.2, 0.25) is 0 Å². The Morgan fingerprint density at radius 3 is 2.59 bits per heavy atom. The first-order chi connectivity index (χ1) is 13.1. The van der Waals surface area contributed by atoms with Gasteiger partial charge in [0.25, 0.3) is 5.91 Å². The molecule has 0 aliphatic rings. The highest BCUT2D eigenvalue weighted by molar-refractivity contribution is 7.14. The molecule has 0 radical (unpaired) electrons. The van der Waals surface area contributed by atoms with Gasteiger partial charge in [-0.3, -0.25) is 9.69 Å². The molecule has 0 N–H and O–H groups in total. The van der Waals surface area contributed by atoms with E-state index >= 15 is 0 Å². The van der Waals surface area contributed by atoms with Crippen molar-refractivity contribution in [3.8, 4) is 17.0 Å². The fourth-order valence-electron chi connectivity index (χ4n) is 2.68. The van der Waals surface area contributed by atoms with Gasteiger partial charge in [-0.05, 0) is 43.3 Å². The third-order valence-corrected chi connectivity index (χ3v) is 5.00. The highest BCUT2D eigenvalue weighted by Crippen LogP contribution is 2.29. The van der Waals surface area contributed by atoms with Crippen molar-refractivity contribution in [3.63, 3.8) is 0 Å². The summed E-state index contributed by atoms with van der Waals surface area (Å²) in [5.41, 5.74) is 3.50. The Hall–Kier alpha value is -2.70. The molecule has 0 fully saturated rings. The molecule has 6 heteroatoms. The molecule has 0 aliphatic carbocycles. The maximum atomic E-state index is 13.1. The van der Waals surface area contributed by atoms with E-state index in [-0.39, 0.29) is 5.91 Å². The molecule has 0 saturated heterocycles. The van der Waals surface area contributed by atoms with Gasteiger partial charge >= 0.3 is 0 Å². The second kappa shape index (κ2) is 8.79. The van der Waals surface area contributed by atoms with Gasteiger partial charge in [-0.15, -0.1) is 11.3 Å². The molecule has 1 amide bonds. The minimum Gasteiger partial charge on any atom is -0.497 e. The number of nitrogens with zero attached hydrogens (tertiary/aromatic N) is 2. The van der Waals surface area contributed by atoms with Crippen LogP contribution in [0.5, 0.6) is 5.75 Å². The van der Waals surface area contributed by atoms with E-state index in [2.05, 4.69) is 4.98 Å². The van der Waals surface area contributed by atoms with Crippen LogP contribution in [0.15, 0.2) is 53.9 Å². The Morgan fingerprint density at radius 2 is 1.93 bits per heavy atom. The zero-order valence-corrected chi connectivity index (χ0v) is 16.5. The summed E-state index contributed by atoms with van der Waals surface area (Å²) in [7, 11) is 3.26. The van der Waals surface area contributed by atoms with E-state index in [0.29, 0.717) is 23.8 Å². The molecular formula is C21H22N2O3S. The fraction of sp³-hybridized carbons (Fsp3) is 0.238. The SMILES string of the molecule is COCCN(C(=O)c1cccc(C)c1)c1nc(-c2ccc(OC)cc2)cs1. The molecule has 0 bridgehead atoms. The number of rotatable bonds is 7. The standard InChI is InChI=1S/C21H22N2O3S/c1-15-5-4-6-17(13-15)20(24)23(11-12-25-2)21-22-19(14-27-21)16-7-9-18(26-3)10-8-16/h4-10,13-14H,11-12H2,1-3H3. The van der Waals surface area contributed by atoms with Crippen molar-refractivity contribution in [2.24, 2.45) is 0 Å². The first kappa shape index (κ1) is 19.1. The Labute approximate surface area is 163 Å². The monoisotopic (exact) mass is 382 g/mol. The Kier molecular flexibility index (Phi) is 6.21. The topological polar surface area (TPSA) is 51.7 Å². The number of aromatic nitrogens is 1. The summed E-state index contributed by atoms with van der Waals surface area (Å²) >= 11 is 1.45. The fourth-order valence-corrected chi connectivity index (χ4v) is 3.54. The molecule has 1 aromatic heterocycles. The predicted molar refractivity (Wildman–Crippen MR) is 109 cm³/mol. The van der Waals surface area contributed by atoms with E-state index in [4.69, 9.17) is 9.47 Å². The van der Waals surface area contributed by atoms with Crippen LogP contribution in [-0.4, -0.2) is 38.3 Å². The number of hydrogen-bond acceptors (Lipinski definition) is 5. The Bertz CT molecular complexity index is 906. The highest BCUT2D eigenvalue weighted by atomic mass is 32.1. The van der Waals surface area contributed by atoms with Gasteiger partial charge in [-0.1, -0.05) is 17.7 Å². The number of hydrogen-bond donors (Lipinski definition) is 0. The van der Waals surface area contributed by atoms with Crippen LogP contribution < -0.4 is 9.64 Å². The van der Waals surface area contributed by atoms with Gasteiger partial charge < -0.3 is 9.47 Å². The van der Waals surface area contributed by atoms with E-state index in [1.54, 1.807) is 19.1 Å². The largest absolute Gasteiger partial charge is 0.497 e. The van der Waals surface area contributed by atoms with Crippen molar-refractivity contribution >= 4 is 22.4 Å². The molecule has 0 unspecified atom stereocenters.